The van der Waals surface area contributed by atoms with E-state index in [4.69, 9.17) is 15.2 Å². The third-order valence-electron chi connectivity index (χ3n) is 5.43. The Bertz CT molecular complexity index is 1100. The molecule has 0 aliphatic carbocycles. The molecule has 2 heterocycles. The topological polar surface area (TPSA) is 86.8 Å². The van der Waals surface area contributed by atoms with Crippen LogP contribution in [-0.2, 0) is 24.3 Å². The third kappa shape index (κ3) is 3.40. The number of primary amides is 1. The lowest BCUT2D eigenvalue weighted by Gasteiger charge is -2.30. The van der Waals surface area contributed by atoms with Gasteiger partial charge in [0.15, 0.2) is 11.5 Å². The van der Waals surface area contributed by atoms with Crippen LogP contribution in [0.3, 0.4) is 0 Å². The summed E-state index contributed by atoms with van der Waals surface area (Å²) < 4.78 is 12.6. The molecule has 1 aromatic heterocycles. The molecular weight excluding hydrogens is 370 g/mol. The highest BCUT2D eigenvalue weighted by Crippen LogP contribution is 2.33. The van der Waals surface area contributed by atoms with Gasteiger partial charge in [-0.3, -0.25) is 9.59 Å². The summed E-state index contributed by atoms with van der Waals surface area (Å²) in [7, 11) is 3.22. The zero-order chi connectivity index (χ0) is 20.5. The summed E-state index contributed by atoms with van der Waals surface area (Å²) in [5.74, 6) is 0.842. The SMILES string of the molecule is COc1cc2c(cc1OC)CN(C(=O)Cn1cc(C(N)=O)c3ccccc31)CC2. The Hall–Kier alpha value is -3.48. The van der Waals surface area contributed by atoms with Crippen molar-refractivity contribution < 1.29 is 19.1 Å². The van der Waals surface area contributed by atoms with Crippen molar-refractivity contribution in [3.05, 3.63) is 59.3 Å². The number of methoxy groups -OCH3 is 2. The lowest BCUT2D eigenvalue weighted by atomic mass is 9.98. The van der Waals surface area contributed by atoms with Crippen LogP contribution in [0.25, 0.3) is 10.9 Å². The highest BCUT2D eigenvalue weighted by Gasteiger charge is 2.24. The Labute approximate surface area is 168 Å². The minimum atomic E-state index is -0.500. The van der Waals surface area contributed by atoms with E-state index in [0.717, 1.165) is 28.5 Å². The molecule has 150 valence electrons. The van der Waals surface area contributed by atoms with Gasteiger partial charge in [0.1, 0.15) is 6.54 Å². The van der Waals surface area contributed by atoms with Crippen LogP contribution in [0.15, 0.2) is 42.6 Å². The van der Waals surface area contributed by atoms with E-state index in [9.17, 15) is 9.59 Å². The number of nitrogens with zero attached hydrogens (tertiary/aromatic N) is 2. The number of amides is 2. The minimum absolute atomic E-state index is 0.0118. The van der Waals surface area contributed by atoms with E-state index < -0.39 is 5.91 Å². The van der Waals surface area contributed by atoms with Crippen molar-refractivity contribution in [2.75, 3.05) is 20.8 Å². The quantitative estimate of drug-likeness (QED) is 0.721. The number of hydrogen-bond donors (Lipinski definition) is 1. The number of nitrogens with two attached hydrogens (primary N) is 1. The number of benzene rings is 2. The van der Waals surface area contributed by atoms with Gasteiger partial charge < -0.3 is 24.7 Å². The van der Waals surface area contributed by atoms with Crippen LogP contribution in [0.1, 0.15) is 21.5 Å². The second kappa shape index (κ2) is 7.50. The summed E-state index contributed by atoms with van der Waals surface area (Å²) in [6, 6.07) is 11.4. The number of rotatable bonds is 5. The molecule has 1 aliphatic rings. The molecule has 0 radical (unpaired) electrons. The number of aromatic nitrogens is 1. The first-order valence-corrected chi connectivity index (χ1v) is 9.41. The third-order valence-corrected chi connectivity index (χ3v) is 5.43. The number of hydrogen-bond acceptors (Lipinski definition) is 4. The predicted molar refractivity (Wildman–Crippen MR) is 109 cm³/mol. The fourth-order valence-electron chi connectivity index (χ4n) is 3.92. The van der Waals surface area contributed by atoms with Crippen molar-refractivity contribution in [1.82, 2.24) is 9.47 Å². The maximum atomic E-state index is 13.0. The first-order valence-electron chi connectivity index (χ1n) is 9.41. The van der Waals surface area contributed by atoms with Gasteiger partial charge in [-0.15, -0.1) is 0 Å². The van der Waals surface area contributed by atoms with Gasteiger partial charge in [-0.25, -0.2) is 0 Å². The van der Waals surface area contributed by atoms with Gasteiger partial charge in [0.05, 0.1) is 19.8 Å². The van der Waals surface area contributed by atoms with Crippen LogP contribution in [-0.4, -0.2) is 42.0 Å². The zero-order valence-electron chi connectivity index (χ0n) is 16.5. The first-order chi connectivity index (χ1) is 14.0. The van der Waals surface area contributed by atoms with Gasteiger partial charge >= 0.3 is 0 Å². The summed E-state index contributed by atoms with van der Waals surface area (Å²) in [6.07, 6.45) is 2.41. The van der Waals surface area contributed by atoms with Crippen molar-refractivity contribution in [1.29, 1.82) is 0 Å². The average molecular weight is 393 g/mol. The van der Waals surface area contributed by atoms with Gasteiger partial charge in [0.25, 0.3) is 5.91 Å². The molecule has 1 aliphatic heterocycles. The van der Waals surface area contributed by atoms with Crippen LogP contribution < -0.4 is 15.2 Å². The standard InChI is InChI=1S/C22H23N3O4/c1-28-19-9-14-7-8-24(11-15(14)10-20(19)29-2)21(26)13-25-12-17(22(23)27)16-5-3-4-6-18(16)25/h3-6,9-10,12H,7-8,11,13H2,1-2H3,(H2,23,27). The molecule has 2 N–H and O–H groups in total. The molecule has 0 unspecified atom stereocenters. The Morgan fingerprint density at radius 1 is 1.07 bits per heavy atom. The smallest absolute Gasteiger partial charge is 0.250 e. The number of para-hydroxylation sites is 1. The van der Waals surface area contributed by atoms with Crippen molar-refractivity contribution in [2.45, 2.75) is 19.5 Å². The molecule has 0 atom stereocenters. The summed E-state index contributed by atoms with van der Waals surface area (Å²) in [6.45, 7) is 1.29. The van der Waals surface area contributed by atoms with Gasteiger partial charge in [0.2, 0.25) is 5.91 Å². The van der Waals surface area contributed by atoms with E-state index >= 15 is 0 Å². The zero-order valence-corrected chi connectivity index (χ0v) is 16.5. The second-order valence-corrected chi connectivity index (χ2v) is 7.09. The normalized spacial score (nSPS) is 13.2. The molecule has 7 heteroatoms. The average Bonchev–Trinajstić information content (AvgIpc) is 3.11. The van der Waals surface area contributed by atoms with E-state index in [1.165, 1.54) is 0 Å². The molecule has 0 fully saturated rings. The van der Waals surface area contributed by atoms with Crippen molar-refractivity contribution >= 4 is 22.7 Å². The van der Waals surface area contributed by atoms with E-state index in [0.29, 0.717) is 30.2 Å². The highest BCUT2D eigenvalue weighted by molar-refractivity contribution is 6.06. The van der Waals surface area contributed by atoms with Crippen molar-refractivity contribution in [2.24, 2.45) is 5.73 Å². The minimum Gasteiger partial charge on any atom is -0.493 e. The molecule has 3 aromatic rings. The number of ether oxygens (including phenoxy) is 2. The monoisotopic (exact) mass is 393 g/mol. The van der Waals surface area contributed by atoms with Crippen LogP contribution >= 0.6 is 0 Å². The van der Waals surface area contributed by atoms with Gasteiger partial charge in [-0.1, -0.05) is 18.2 Å². The molecule has 2 aromatic carbocycles. The fraction of sp³-hybridized carbons (Fsp3) is 0.273. The van der Waals surface area contributed by atoms with Crippen LogP contribution in [0.2, 0.25) is 0 Å². The maximum absolute atomic E-state index is 13.0. The number of carbonyl (C=O) groups is 2. The van der Waals surface area contributed by atoms with Crippen LogP contribution in [0, 0.1) is 0 Å². The molecule has 0 bridgehead atoms. The van der Waals surface area contributed by atoms with E-state index in [-0.39, 0.29) is 12.5 Å². The fourth-order valence-corrected chi connectivity index (χ4v) is 3.92. The molecule has 29 heavy (non-hydrogen) atoms. The van der Waals surface area contributed by atoms with E-state index in [2.05, 4.69) is 0 Å². The van der Waals surface area contributed by atoms with Crippen molar-refractivity contribution in [3.8, 4) is 11.5 Å². The summed E-state index contributed by atoms with van der Waals surface area (Å²) in [4.78, 5) is 26.6. The Morgan fingerprint density at radius 2 is 1.76 bits per heavy atom. The number of fused-ring (bicyclic) bond motifs is 2. The molecular formula is C22H23N3O4. The van der Waals surface area contributed by atoms with E-state index in [1.54, 1.807) is 25.0 Å². The molecule has 2 amide bonds. The van der Waals surface area contributed by atoms with Crippen LogP contribution in [0.4, 0.5) is 0 Å². The molecule has 0 saturated carbocycles. The molecule has 0 spiro atoms. The van der Waals surface area contributed by atoms with Gasteiger partial charge in [-0.05, 0) is 35.7 Å². The Kier molecular flexibility index (Phi) is 4.88. The molecule has 0 saturated heterocycles. The lowest BCUT2D eigenvalue weighted by molar-refractivity contribution is -0.132. The van der Waals surface area contributed by atoms with Gasteiger partial charge in [-0.2, -0.15) is 0 Å². The predicted octanol–water partition coefficient (Wildman–Crippen LogP) is 2.34. The van der Waals surface area contributed by atoms with Crippen LogP contribution in [0.5, 0.6) is 11.5 Å². The summed E-state index contributed by atoms with van der Waals surface area (Å²) >= 11 is 0. The first kappa shape index (κ1) is 18.9. The maximum Gasteiger partial charge on any atom is 0.250 e. The van der Waals surface area contributed by atoms with Crippen molar-refractivity contribution in [3.63, 3.8) is 0 Å². The van der Waals surface area contributed by atoms with E-state index in [1.807, 2.05) is 41.3 Å². The lowest BCUT2D eigenvalue weighted by Crippen LogP contribution is -2.38. The molecule has 4 rings (SSSR count). The largest absolute Gasteiger partial charge is 0.493 e. The second-order valence-electron chi connectivity index (χ2n) is 7.09. The highest BCUT2D eigenvalue weighted by atomic mass is 16.5. The summed E-state index contributed by atoms with van der Waals surface area (Å²) in [5.41, 5.74) is 8.96. The Morgan fingerprint density at radius 3 is 2.45 bits per heavy atom. The number of carbonyl (C=O) groups excluding carboxylic acids is 2. The molecule has 7 nitrogen and oxygen atoms in total. The summed E-state index contributed by atoms with van der Waals surface area (Å²) in [5, 5.41) is 0.758. The van der Waals surface area contributed by atoms with Gasteiger partial charge in [0, 0.05) is 30.2 Å². The Balaban J connectivity index is 1.58.